The molecule has 2 rings (SSSR count). The number of nitrogens with one attached hydrogen (secondary N) is 1. The standard InChI is InChI=1S/C14H16BrN3O2/c1-20-13-5-3-2-4-11(13)6-7-16-14(19)10-18-9-12(15)8-17-18/h2-5,8-9H,6-7,10H2,1H3,(H,16,19). The smallest absolute Gasteiger partial charge is 0.241 e. The molecule has 5 nitrogen and oxygen atoms in total. The summed E-state index contributed by atoms with van der Waals surface area (Å²) in [6, 6.07) is 7.80. The third kappa shape index (κ3) is 4.09. The molecule has 20 heavy (non-hydrogen) atoms. The molecule has 0 saturated heterocycles. The van der Waals surface area contributed by atoms with Gasteiger partial charge in [-0.25, -0.2) is 0 Å². The van der Waals surface area contributed by atoms with Crippen molar-refractivity contribution in [3.8, 4) is 5.75 Å². The van der Waals surface area contributed by atoms with E-state index in [1.807, 2.05) is 24.3 Å². The van der Waals surface area contributed by atoms with Gasteiger partial charge in [-0.3, -0.25) is 9.48 Å². The summed E-state index contributed by atoms with van der Waals surface area (Å²) in [5.74, 6) is 0.785. The molecule has 106 valence electrons. The lowest BCUT2D eigenvalue weighted by Crippen LogP contribution is -2.29. The molecule has 0 radical (unpaired) electrons. The predicted octanol–water partition coefficient (Wildman–Crippen LogP) is 2.01. The highest BCUT2D eigenvalue weighted by Gasteiger charge is 2.05. The third-order valence-corrected chi connectivity index (χ3v) is 3.23. The molecule has 0 aliphatic carbocycles. The quantitative estimate of drug-likeness (QED) is 0.877. The van der Waals surface area contributed by atoms with Crippen LogP contribution in [0.4, 0.5) is 0 Å². The average molecular weight is 338 g/mol. The Kier molecular flexibility index (Phi) is 5.17. The summed E-state index contributed by atoms with van der Waals surface area (Å²) in [6.07, 6.45) is 4.15. The molecule has 1 N–H and O–H groups in total. The lowest BCUT2D eigenvalue weighted by atomic mass is 10.1. The number of carbonyl (C=O) groups is 1. The first-order valence-electron chi connectivity index (χ1n) is 6.25. The second-order valence-electron chi connectivity index (χ2n) is 4.27. The minimum Gasteiger partial charge on any atom is -0.496 e. The van der Waals surface area contributed by atoms with Crippen molar-refractivity contribution < 1.29 is 9.53 Å². The van der Waals surface area contributed by atoms with Gasteiger partial charge in [-0.1, -0.05) is 18.2 Å². The molecule has 1 heterocycles. The summed E-state index contributed by atoms with van der Waals surface area (Å²) in [7, 11) is 1.65. The Morgan fingerprint density at radius 2 is 2.25 bits per heavy atom. The van der Waals surface area contributed by atoms with E-state index in [1.165, 1.54) is 0 Å². The van der Waals surface area contributed by atoms with Crippen molar-refractivity contribution in [2.24, 2.45) is 0 Å². The summed E-state index contributed by atoms with van der Waals surface area (Å²) in [4.78, 5) is 11.7. The molecular formula is C14H16BrN3O2. The van der Waals surface area contributed by atoms with E-state index in [-0.39, 0.29) is 12.5 Å². The lowest BCUT2D eigenvalue weighted by molar-refractivity contribution is -0.121. The highest BCUT2D eigenvalue weighted by molar-refractivity contribution is 9.10. The van der Waals surface area contributed by atoms with Crippen LogP contribution in [0.25, 0.3) is 0 Å². The Morgan fingerprint density at radius 3 is 2.95 bits per heavy atom. The van der Waals surface area contributed by atoms with E-state index in [0.717, 1.165) is 22.2 Å². The number of para-hydroxylation sites is 1. The SMILES string of the molecule is COc1ccccc1CCNC(=O)Cn1cc(Br)cn1. The number of halogens is 1. The number of nitrogens with zero attached hydrogens (tertiary/aromatic N) is 2. The minimum atomic E-state index is -0.0597. The first-order chi connectivity index (χ1) is 9.69. The minimum absolute atomic E-state index is 0.0597. The maximum atomic E-state index is 11.7. The van der Waals surface area contributed by atoms with Crippen LogP contribution in [0.3, 0.4) is 0 Å². The van der Waals surface area contributed by atoms with Crippen molar-refractivity contribution in [2.45, 2.75) is 13.0 Å². The van der Waals surface area contributed by atoms with Crippen LogP contribution >= 0.6 is 15.9 Å². The monoisotopic (exact) mass is 337 g/mol. The predicted molar refractivity (Wildman–Crippen MR) is 79.6 cm³/mol. The topological polar surface area (TPSA) is 56.1 Å². The number of amides is 1. The van der Waals surface area contributed by atoms with Crippen LogP contribution < -0.4 is 10.1 Å². The number of hydrogen-bond donors (Lipinski definition) is 1. The van der Waals surface area contributed by atoms with Gasteiger partial charge < -0.3 is 10.1 Å². The first-order valence-corrected chi connectivity index (χ1v) is 7.05. The highest BCUT2D eigenvalue weighted by Crippen LogP contribution is 2.17. The van der Waals surface area contributed by atoms with Crippen LogP contribution in [0.5, 0.6) is 5.75 Å². The average Bonchev–Trinajstić information content (AvgIpc) is 2.84. The molecule has 0 atom stereocenters. The fraction of sp³-hybridized carbons (Fsp3) is 0.286. The second kappa shape index (κ2) is 7.09. The second-order valence-corrected chi connectivity index (χ2v) is 5.18. The zero-order chi connectivity index (χ0) is 14.4. The summed E-state index contributed by atoms with van der Waals surface area (Å²) in [6.45, 7) is 0.791. The number of aromatic nitrogens is 2. The summed E-state index contributed by atoms with van der Waals surface area (Å²) < 4.78 is 7.72. The summed E-state index contributed by atoms with van der Waals surface area (Å²) >= 11 is 3.29. The van der Waals surface area contributed by atoms with Gasteiger partial charge in [-0.2, -0.15) is 5.10 Å². The van der Waals surface area contributed by atoms with Crippen molar-refractivity contribution in [2.75, 3.05) is 13.7 Å². The third-order valence-electron chi connectivity index (χ3n) is 2.82. The van der Waals surface area contributed by atoms with Gasteiger partial charge >= 0.3 is 0 Å². The van der Waals surface area contributed by atoms with Crippen molar-refractivity contribution in [1.82, 2.24) is 15.1 Å². The molecule has 1 amide bonds. The van der Waals surface area contributed by atoms with E-state index in [4.69, 9.17) is 4.74 Å². The van der Waals surface area contributed by atoms with Gasteiger partial charge in [0.25, 0.3) is 0 Å². The normalized spacial score (nSPS) is 10.3. The van der Waals surface area contributed by atoms with Gasteiger partial charge in [-0.15, -0.1) is 0 Å². The summed E-state index contributed by atoms with van der Waals surface area (Å²) in [5, 5.41) is 6.91. The molecule has 0 spiro atoms. The molecule has 0 aliphatic rings. The Labute approximate surface area is 126 Å². The first kappa shape index (κ1) is 14.6. The summed E-state index contributed by atoms with van der Waals surface area (Å²) in [5.41, 5.74) is 1.08. The number of methoxy groups -OCH3 is 1. The molecule has 2 aromatic rings. The van der Waals surface area contributed by atoms with Gasteiger partial charge in [0.1, 0.15) is 12.3 Å². The Hall–Kier alpha value is -1.82. The molecule has 0 unspecified atom stereocenters. The fourth-order valence-electron chi connectivity index (χ4n) is 1.87. The van der Waals surface area contributed by atoms with Gasteiger partial charge in [0, 0.05) is 12.7 Å². The Balaban J connectivity index is 1.79. The molecule has 6 heteroatoms. The van der Waals surface area contributed by atoms with Crippen LogP contribution in [0, 0.1) is 0 Å². The lowest BCUT2D eigenvalue weighted by Gasteiger charge is -2.09. The van der Waals surface area contributed by atoms with E-state index < -0.39 is 0 Å². The van der Waals surface area contributed by atoms with Crippen LogP contribution in [-0.2, 0) is 17.8 Å². The highest BCUT2D eigenvalue weighted by atomic mass is 79.9. The molecule has 0 bridgehead atoms. The molecule has 1 aromatic carbocycles. The van der Waals surface area contributed by atoms with E-state index >= 15 is 0 Å². The number of benzene rings is 1. The molecule has 0 saturated carbocycles. The van der Waals surface area contributed by atoms with Gasteiger partial charge in [0.15, 0.2) is 0 Å². The van der Waals surface area contributed by atoms with E-state index in [1.54, 1.807) is 24.2 Å². The van der Waals surface area contributed by atoms with Crippen molar-refractivity contribution in [3.05, 3.63) is 46.7 Å². The van der Waals surface area contributed by atoms with E-state index in [0.29, 0.717) is 6.54 Å². The van der Waals surface area contributed by atoms with Gasteiger partial charge in [-0.05, 0) is 34.0 Å². The maximum absolute atomic E-state index is 11.7. The largest absolute Gasteiger partial charge is 0.496 e. The zero-order valence-corrected chi connectivity index (χ0v) is 12.8. The van der Waals surface area contributed by atoms with E-state index in [9.17, 15) is 4.79 Å². The van der Waals surface area contributed by atoms with E-state index in [2.05, 4.69) is 26.3 Å². The zero-order valence-electron chi connectivity index (χ0n) is 11.2. The van der Waals surface area contributed by atoms with Gasteiger partial charge in [0.05, 0.1) is 17.8 Å². The fourth-order valence-corrected chi connectivity index (χ4v) is 2.20. The van der Waals surface area contributed by atoms with Crippen molar-refractivity contribution >= 4 is 21.8 Å². The number of carbonyl (C=O) groups excluding carboxylic acids is 1. The maximum Gasteiger partial charge on any atom is 0.241 e. The molecule has 0 aliphatic heterocycles. The molecule has 0 fully saturated rings. The van der Waals surface area contributed by atoms with Gasteiger partial charge in [0.2, 0.25) is 5.91 Å². The van der Waals surface area contributed by atoms with Crippen LogP contribution in [0.2, 0.25) is 0 Å². The van der Waals surface area contributed by atoms with Crippen LogP contribution in [-0.4, -0.2) is 29.3 Å². The number of rotatable bonds is 6. The Bertz CT molecular complexity index is 583. The molecule has 1 aromatic heterocycles. The van der Waals surface area contributed by atoms with Crippen LogP contribution in [0.1, 0.15) is 5.56 Å². The Morgan fingerprint density at radius 1 is 1.45 bits per heavy atom. The number of ether oxygens (including phenoxy) is 1. The molecular weight excluding hydrogens is 322 g/mol. The number of hydrogen-bond acceptors (Lipinski definition) is 3. The van der Waals surface area contributed by atoms with Crippen molar-refractivity contribution in [1.29, 1.82) is 0 Å². The van der Waals surface area contributed by atoms with Crippen LogP contribution in [0.15, 0.2) is 41.1 Å². The van der Waals surface area contributed by atoms with Crippen molar-refractivity contribution in [3.63, 3.8) is 0 Å².